The Labute approximate surface area is 169 Å². The molecule has 0 radical (unpaired) electrons. The van der Waals surface area contributed by atoms with E-state index >= 15 is 0 Å². The minimum Gasteiger partial charge on any atom is -0.492 e. The molecule has 28 heavy (non-hydrogen) atoms. The Morgan fingerprint density at radius 3 is 2.71 bits per heavy atom. The number of amides is 1. The molecule has 2 saturated heterocycles. The summed E-state index contributed by atoms with van der Waals surface area (Å²) in [6.45, 7) is 6.77. The maximum Gasteiger partial charge on any atom is 0.241 e. The molecule has 150 valence electrons. The maximum absolute atomic E-state index is 12.8. The second-order valence-electron chi connectivity index (χ2n) is 7.36. The van der Waals surface area contributed by atoms with Crippen LogP contribution in [0.25, 0.3) is 0 Å². The van der Waals surface area contributed by atoms with E-state index in [1.807, 2.05) is 42.2 Å². The van der Waals surface area contributed by atoms with Crippen LogP contribution in [0.2, 0.25) is 0 Å². The molecule has 0 saturated carbocycles. The Balaban J connectivity index is 1.20. The summed E-state index contributed by atoms with van der Waals surface area (Å²) in [6.07, 6.45) is 0.740. The monoisotopic (exact) mass is 401 g/mol. The number of hydrogen-bond donors (Lipinski definition) is 2. The molecule has 2 aliphatic heterocycles. The molecule has 1 amide bonds. The third-order valence-corrected chi connectivity index (χ3v) is 6.03. The Morgan fingerprint density at radius 2 is 2.00 bits per heavy atom. The fourth-order valence-electron chi connectivity index (χ4n) is 3.66. The van der Waals surface area contributed by atoms with Gasteiger partial charge in [-0.2, -0.15) is 0 Å². The summed E-state index contributed by atoms with van der Waals surface area (Å²) >= 11 is 1.69. The van der Waals surface area contributed by atoms with Gasteiger partial charge in [0, 0.05) is 38.1 Å². The summed E-state index contributed by atoms with van der Waals surface area (Å²) in [6, 6.07) is 9.71. The lowest BCUT2D eigenvalue weighted by molar-refractivity contribution is -0.135. The number of nitrogens with one attached hydrogen (secondary N) is 2. The fraction of sp³-hybridized carbons (Fsp3) is 0.500. The number of carbonyl (C=O) groups excluding carboxylic acids is 1. The highest BCUT2D eigenvalue weighted by atomic mass is 32.1. The maximum atomic E-state index is 12.8. The first-order chi connectivity index (χ1) is 13.7. The third-order valence-electron chi connectivity index (χ3n) is 5.21. The first kappa shape index (κ1) is 19.3. The number of hydrazine groups is 1. The molecule has 1 aromatic heterocycles. The molecule has 4 rings (SSSR count). The van der Waals surface area contributed by atoms with Gasteiger partial charge in [-0.25, -0.2) is 10.4 Å². The van der Waals surface area contributed by atoms with Gasteiger partial charge < -0.3 is 9.64 Å². The van der Waals surface area contributed by atoms with Crippen LogP contribution in [0.3, 0.4) is 0 Å². The van der Waals surface area contributed by atoms with Crippen molar-refractivity contribution >= 4 is 17.2 Å². The van der Waals surface area contributed by atoms with Crippen LogP contribution in [0.1, 0.15) is 17.1 Å². The van der Waals surface area contributed by atoms with Crippen LogP contribution in [0.4, 0.5) is 0 Å². The van der Waals surface area contributed by atoms with Crippen molar-refractivity contribution in [3.8, 4) is 5.75 Å². The third kappa shape index (κ3) is 4.88. The molecule has 2 atom stereocenters. The van der Waals surface area contributed by atoms with Crippen molar-refractivity contribution < 1.29 is 9.53 Å². The highest BCUT2D eigenvalue weighted by Crippen LogP contribution is 2.15. The number of aromatic nitrogens is 1. The molecule has 3 heterocycles. The van der Waals surface area contributed by atoms with E-state index in [4.69, 9.17) is 4.74 Å². The molecular weight excluding hydrogens is 374 g/mol. The van der Waals surface area contributed by atoms with Crippen LogP contribution >= 0.6 is 11.3 Å². The molecular formula is C20H27N5O2S. The van der Waals surface area contributed by atoms with Crippen LogP contribution in [0.15, 0.2) is 35.7 Å². The van der Waals surface area contributed by atoms with Crippen LogP contribution in [0, 0.1) is 6.92 Å². The number of piperazine rings is 1. The molecule has 0 bridgehead atoms. The van der Waals surface area contributed by atoms with Crippen LogP contribution < -0.4 is 15.6 Å². The normalized spacial score (nSPS) is 23.1. The van der Waals surface area contributed by atoms with Gasteiger partial charge in [-0.05, 0) is 25.5 Å². The van der Waals surface area contributed by atoms with E-state index in [-0.39, 0.29) is 18.0 Å². The van der Waals surface area contributed by atoms with Gasteiger partial charge in [-0.1, -0.05) is 18.2 Å². The molecule has 0 spiro atoms. The fourth-order valence-corrected chi connectivity index (χ4v) is 4.27. The summed E-state index contributed by atoms with van der Waals surface area (Å²) in [5, 5.41) is 3.23. The van der Waals surface area contributed by atoms with Gasteiger partial charge in [-0.15, -0.1) is 11.3 Å². The van der Waals surface area contributed by atoms with Gasteiger partial charge in [0.1, 0.15) is 18.4 Å². The molecule has 8 heteroatoms. The average molecular weight is 402 g/mol. The van der Waals surface area contributed by atoms with Crippen LogP contribution in [-0.2, 0) is 11.3 Å². The molecule has 1 aromatic carbocycles. The van der Waals surface area contributed by atoms with Gasteiger partial charge in [0.15, 0.2) is 0 Å². The Morgan fingerprint density at radius 1 is 1.21 bits per heavy atom. The average Bonchev–Trinajstić information content (AvgIpc) is 3.36. The van der Waals surface area contributed by atoms with Gasteiger partial charge in [0.2, 0.25) is 5.91 Å². The smallest absolute Gasteiger partial charge is 0.241 e. The number of thiazole rings is 1. The number of benzene rings is 1. The quantitative estimate of drug-likeness (QED) is 0.763. The predicted molar refractivity (Wildman–Crippen MR) is 109 cm³/mol. The van der Waals surface area contributed by atoms with E-state index in [1.54, 1.807) is 11.3 Å². The highest BCUT2D eigenvalue weighted by Gasteiger charge is 2.33. The Kier molecular flexibility index (Phi) is 6.21. The lowest BCUT2D eigenvalue weighted by Crippen LogP contribution is -2.53. The summed E-state index contributed by atoms with van der Waals surface area (Å²) in [7, 11) is 0. The number of ether oxygens (including phenoxy) is 1. The zero-order chi connectivity index (χ0) is 19.3. The van der Waals surface area contributed by atoms with Gasteiger partial charge >= 0.3 is 0 Å². The van der Waals surface area contributed by atoms with Crippen molar-refractivity contribution in [2.24, 2.45) is 0 Å². The molecule has 2 N–H and O–H groups in total. The molecule has 0 aliphatic carbocycles. The van der Waals surface area contributed by atoms with Crippen molar-refractivity contribution in [3.63, 3.8) is 0 Å². The first-order valence-corrected chi connectivity index (χ1v) is 10.7. The van der Waals surface area contributed by atoms with E-state index in [0.29, 0.717) is 6.61 Å². The second kappa shape index (κ2) is 9.00. The van der Waals surface area contributed by atoms with Crippen molar-refractivity contribution in [1.29, 1.82) is 0 Å². The summed E-state index contributed by atoms with van der Waals surface area (Å²) in [4.78, 5) is 21.7. The SMILES string of the molecule is Cc1nc(CN2CCN(C(=O)C3CC(COc4ccccc4)NN3)CC2)cs1. The van der Waals surface area contributed by atoms with E-state index < -0.39 is 0 Å². The number of para-hydroxylation sites is 1. The zero-order valence-corrected chi connectivity index (χ0v) is 17.0. The lowest BCUT2D eigenvalue weighted by Gasteiger charge is -2.35. The minimum absolute atomic E-state index is 0.128. The van der Waals surface area contributed by atoms with E-state index in [1.165, 1.54) is 0 Å². The van der Waals surface area contributed by atoms with Crippen molar-refractivity contribution in [2.75, 3.05) is 32.8 Å². The lowest BCUT2D eigenvalue weighted by atomic mass is 10.1. The molecule has 2 aromatic rings. The van der Waals surface area contributed by atoms with E-state index in [0.717, 1.165) is 55.6 Å². The molecule has 2 aliphatic rings. The molecule has 2 fully saturated rings. The van der Waals surface area contributed by atoms with Crippen molar-refractivity contribution in [3.05, 3.63) is 46.4 Å². The van der Waals surface area contributed by atoms with Gasteiger partial charge in [0.05, 0.1) is 16.7 Å². The second-order valence-corrected chi connectivity index (χ2v) is 8.42. The van der Waals surface area contributed by atoms with Gasteiger partial charge in [-0.3, -0.25) is 15.1 Å². The van der Waals surface area contributed by atoms with E-state index in [9.17, 15) is 4.79 Å². The van der Waals surface area contributed by atoms with Crippen LogP contribution in [0.5, 0.6) is 5.75 Å². The Bertz CT molecular complexity index is 776. The number of rotatable bonds is 6. The number of carbonyl (C=O) groups is 1. The molecule has 2 unspecified atom stereocenters. The van der Waals surface area contributed by atoms with E-state index in [2.05, 4.69) is 26.1 Å². The summed E-state index contributed by atoms with van der Waals surface area (Å²) in [5.74, 6) is 1.03. The zero-order valence-electron chi connectivity index (χ0n) is 16.1. The predicted octanol–water partition coefficient (Wildman–Crippen LogP) is 1.41. The first-order valence-electron chi connectivity index (χ1n) is 9.78. The molecule has 7 nitrogen and oxygen atoms in total. The summed E-state index contributed by atoms with van der Waals surface area (Å²) < 4.78 is 5.80. The minimum atomic E-state index is -0.183. The van der Waals surface area contributed by atoms with Crippen LogP contribution in [-0.4, -0.2) is 65.6 Å². The number of nitrogens with zero attached hydrogens (tertiary/aromatic N) is 3. The number of hydrogen-bond acceptors (Lipinski definition) is 7. The van der Waals surface area contributed by atoms with Crippen molar-refractivity contribution in [1.82, 2.24) is 25.6 Å². The standard InChI is InChI=1S/C20H27N5O2S/c1-15-21-17(14-28-15)12-24-7-9-25(10-8-24)20(26)19-11-16(22-23-19)13-27-18-5-3-2-4-6-18/h2-6,14,16,19,22-23H,7-13H2,1H3. The van der Waals surface area contributed by atoms with Crippen molar-refractivity contribution in [2.45, 2.75) is 32.0 Å². The summed E-state index contributed by atoms with van der Waals surface area (Å²) in [5.41, 5.74) is 7.48. The highest BCUT2D eigenvalue weighted by molar-refractivity contribution is 7.09. The van der Waals surface area contributed by atoms with Gasteiger partial charge in [0.25, 0.3) is 0 Å². The topological polar surface area (TPSA) is 69.7 Å². The largest absolute Gasteiger partial charge is 0.492 e. The Hall–Kier alpha value is -2.00. The number of aryl methyl sites for hydroxylation is 1.